The van der Waals surface area contributed by atoms with Crippen LogP contribution in [-0.2, 0) is 9.53 Å². The number of hydrogen-bond donors (Lipinski definition) is 1. The summed E-state index contributed by atoms with van der Waals surface area (Å²) in [6.07, 6.45) is 0.534. The molecule has 4 nitrogen and oxygen atoms in total. The summed E-state index contributed by atoms with van der Waals surface area (Å²) in [4.78, 5) is 13.8. The van der Waals surface area contributed by atoms with E-state index in [1.54, 1.807) is 11.8 Å². The number of anilines is 1. The van der Waals surface area contributed by atoms with E-state index in [4.69, 9.17) is 4.74 Å². The van der Waals surface area contributed by atoms with Gasteiger partial charge in [0.05, 0.1) is 18.2 Å². The topological polar surface area (TPSA) is 49.8 Å². The molecule has 0 spiro atoms. The summed E-state index contributed by atoms with van der Waals surface area (Å²) in [5.41, 5.74) is 2.10. The fraction of sp³-hybridized carbons (Fsp3) is 0.562. The molecule has 0 saturated carbocycles. The maximum Gasteiger partial charge on any atom is 0.224 e. The van der Waals surface area contributed by atoms with Crippen molar-refractivity contribution in [1.82, 2.24) is 0 Å². The van der Waals surface area contributed by atoms with E-state index in [9.17, 15) is 9.90 Å². The lowest BCUT2D eigenvalue weighted by atomic mass is 9.89. The van der Waals surface area contributed by atoms with Crippen molar-refractivity contribution in [2.45, 2.75) is 45.8 Å². The molecular weight excluding hydrogens is 254 g/mol. The normalized spacial score (nSPS) is 26.4. The minimum atomic E-state index is -0.929. The molecule has 110 valence electrons. The van der Waals surface area contributed by atoms with Gasteiger partial charge < -0.3 is 14.7 Å². The third-order valence-electron chi connectivity index (χ3n) is 4.01. The smallest absolute Gasteiger partial charge is 0.224 e. The summed E-state index contributed by atoms with van der Waals surface area (Å²) in [6.45, 7) is 8.21. The molecule has 2 rings (SSSR count). The summed E-state index contributed by atoms with van der Waals surface area (Å²) < 4.78 is 5.48. The molecule has 0 aromatic heterocycles. The van der Waals surface area contributed by atoms with Crippen LogP contribution < -0.4 is 4.90 Å². The Hall–Kier alpha value is -1.39. The number of rotatable bonds is 2. The van der Waals surface area contributed by atoms with Crippen LogP contribution in [0.1, 0.15) is 31.4 Å². The van der Waals surface area contributed by atoms with Crippen molar-refractivity contribution in [2.24, 2.45) is 0 Å². The fourth-order valence-electron chi connectivity index (χ4n) is 2.81. The Bertz CT molecular complexity index is 510. The number of hydrogen-bond acceptors (Lipinski definition) is 3. The highest BCUT2D eigenvalue weighted by molar-refractivity contribution is 5.93. The van der Waals surface area contributed by atoms with E-state index in [2.05, 4.69) is 0 Å². The quantitative estimate of drug-likeness (QED) is 0.901. The number of aliphatic hydroxyl groups is 1. The van der Waals surface area contributed by atoms with Crippen molar-refractivity contribution >= 4 is 11.6 Å². The SMILES string of the molecule is CC(=O)N(c1ccc(C)cc1C)C1COCCC1(C)O. The van der Waals surface area contributed by atoms with Crippen molar-refractivity contribution in [3.05, 3.63) is 29.3 Å². The maximum atomic E-state index is 12.1. The van der Waals surface area contributed by atoms with Gasteiger partial charge in [-0.25, -0.2) is 0 Å². The Morgan fingerprint density at radius 2 is 2.15 bits per heavy atom. The van der Waals surface area contributed by atoms with Crippen LogP contribution in [0.3, 0.4) is 0 Å². The summed E-state index contributed by atoms with van der Waals surface area (Å²) in [5, 5.41) is 10.6. The van der Waals surface area contributed by atoms with Gasteiger partial charge in [0.25, 0.3) is 0 Å². The van der Waals surface area contributed by atoms with Gasteiger partial charge in [-0.05, 0) is 32.4 Å². The molecule has 1 aliphatic rings. The van der Waals surface area contributed by atoms with Gasteiger partial charge >= 0.3 is 0 Å². The molecule has 1 fully saturated rings. The monoisotopic (exact) mass is 277 g/mol. The number of carbonyl (C=O) groups excluding carboxylic acids is 1. The van der Waals surface area contributed by atoms with Crippen molar-refractivity contribution < 1.29 is 14.6 Å². The molecule has 1 N–H and O–H groups in total. The van der Waals surface area contributed by atoms with E-state index >= 15 is 0 Å². The van der Waals surface area contributed by atoms with Gasteiger partial charge in [-0.1, -0.05) is 17.7 Å². The first-order valence-electron chi connectivity index (χ1n) is 7.00. The number of amides is 1. The van der Waals surface area contributed by atoms with Crippen molar-refractivity contribution in [3.63, 3.8) is 0 Å². The van der Waals surface area contributed by atoms with Gasteiger partial charge in [0.2, 0.25) is 5.91 Å². The van der Waals surface area contributed by atoms with Crippen molar-refractivity contribution in [1.29, 1.82) is 0 Å². The minimum Gasteiger partial charge on any atom is -0.388 e. The number of ether oxygens (including phenoxy) is 1. The molecule has 20 heavy (non-hydrogen) atoms. The first kappa shape index (κ1) is 15.0. The van der Waals surface area contributed by atoms with Crippen LogP contribution in [-0.4, -0.2) is 35.9 Å². The second-order valence-electron chi connectivity index (χ2n) is 5.88. The highest BCUT2D eigenvalue weighted by Crippen LogP contribution is 2.31. The van der Waals surface area contributed by atoms with E-state index in [0.717, 1.165) is 16.8 Å². The molecule has 0 aliphatic carbocycles. The second-order valence-corrected chi connectivity index (χ2v) is 5.88. The van der Waals surface area contributed by atoms with Crippen molar-refractivity contribution in [2.75, 3.05) is 18.1 Å². The Kier molecular flexibility index (Phi) is 4.16. The van der Waals surface area contributed by atoms with Crippen LogP contribution in [0, 0.1) is 13.8 Å². The zero-order chi connectivity index (χ0) is 14.9. The standard InChI is InChI=1S/C16H23NO3/c1-11-5-6-14(12(2)9-11)17(13(3)18)15-10-20-8-7-16(15,4)19/h5-6,9,15,19H,7-8,10H2,1-4H3. The third-order valence-corrected chi connectivity index (χ3v) is 4.01. The molecule has 0 radical (unpaired) electrons. The van der Waals surface area contributed by atoms with Crippen LogP contribution in [0.25, 0.3) is 0 Å². The Morgan fingerprint density at radius 3 is 2.70 bits per heavy atom. The molecule has 1 amide bonds. The number of benzene rings is 1. The molecule has 4 heteroatoms. The fourth-order valence-corrected chi connectivity index (χ4v) is 2.81. The first-order valence-corrected chi connectivity index (χ1v) is 7.00. The summed E-state index contributed by atoms with van der Waals surface area (Å²) in [6, 6.07) is 5.62. The van der Waals surface area contributed by atoms with Crippen LogP contribution in [0.2, 0.25) is 0 Å². The van der Waals surface area contributed by atoms with E-state index in [-0.39, 0.29) is 11.9 Å². The lowest BCUT2D eigenvalue weighted by molar-refractivity contribution is -0.122. The number of nitrogens with zero attached hydrogens (tertiary/aromatic N) is 1. The molecule has 1 aromatic carbocycles. The zero-order valence-corrected chi connectivity index (χ0v) is 12.6. The molecular formula is C16H23NO3. The predicted octanol–water partition coefficient (Wildman–Crippen LogP) is 2.20. The van der Waals surface area contributed by atoms with E-state index in [1.807, 2.05) is 32.0 Å². The molecule has 2 unspecified atom stereocenters. The second kappa shape index (κ2) is 5.54. The van der Waals surface area contributed by atoms with Gasteiger partial charge in [-0.2, -0.15) is 0 Å². The molecule has 1 aliphatic heterocycles. The van der Waals surface area contributed by atoms with E-state index in [0.29, 0.717) is 19.6 Å². The van der Waals surface area contributed by atoms with Gasteiger partial charge in [-0.3, -0.25) is 4.79 Å². The summed E-state index contributed by atoms with van der Waals surface area (Å²) in [7, 11) is 0. The van der Waals surface area contributed by atoms with Crippen LogP contribution >= 0.6 is 0 Å². The lowest BCUT2D eigenvalue weighted by Gasteiger charge is -2.43. The minimum absolute atomic E-state index is 0.0762. The van der Waals surface area contributed by atoms with Crippen molar-refractivity contribution in [3.8, 4) is 0 Å². The Morgan fingerprint density at radius 1 is 1.45 bits per heavy atom. The first-order chi connectivity index (χ1) is 9.33. The van der Waals surface area contributed by atoms with Crippen LogP contribution in [0.15, 0.2) is 18.2 Å². The summed E-state index contributed by atoms with van der Waals surface area (Å²) in [5.74, 6) is -0.0762. The molecule has 1 heterocycles. The third kappa shape index (κ3) is 2.86. The number of carbonyl (C=O) groups is 1. The van der Waals surface area contributed by atoms with Gasteiger partial charge in [0.15, 0.2) is 0 Å². The molecule has 1 aromatic rings. The van der Waals surface area contributed by atoms with Gasteiger partial charge in [0, 0.05) is 25.6 Å². The number of aryl methyl sites for hydroxylation is 2. The highest BCUT2D eigenvalue weighted by atomic mass is 16.5. The Balaban J connectivity index is 2.43. The average molecular weight is 277 g/mol. The summed E-state index contributed by atoms with van der Waals surface area (Å²) >= 11 is 0. The van der Waals surface area contributed by atoms with Crippen LogP contribution in [0.5, 0.6) is 0 Å². The zero-order valence-electron chi connectivity index (χ0n) is 12.6. The lowest BCUT2D eigenvalue weighted by Crippen LogP contribution is -2.58. The van der Waals surface area contributed by atoms with E-state index < -0.39 is 5.60 Å². The predicted molar refractivity (Wildman–Crippen MR) is 78.9 cm³/mol. The highest BCUT2D eigenvalue weighted by Gasteiger charge is 2.41. The average Bonchev–Trinajstić information content (AvgIpc) is 2.33. The largest absolute Gasteiger partial charge is 0.388 e. The molecule has 1 saturated heterocycles. The molecule has 0 bridgehead atoms. The van der Waals surface area contributed by atoms with Crippen LogP contribution in [0.4, 0.5) is 5.69 Å². The van der Waals surface area contributed by atoms with Gasteiger partial charge in [0.1, 0.15) is 0 Å². The van der Waals surface area contributed by atoms with E-state index in [1.165, 1.54) is 6.92 Å². The Labute approximate surface area is 120 Å². The van der Waals surface area contributed by atoms with Gasteiger partial charge in [-0.15, -0.1) is 0 Å². The molecule has 2 atom stereocenters. The maximum absolute atomic E-state index is 12.1.